The van der Waals surface area contributed by atoms with E-state index in [0.717, 1.165) is 11.1 Å². The maximum Gasteiger partial charge on any atom is 0.0537 e. The van der Waals surface area contributed by atoms with E-state index in [9.17, 15) is 0 Å². The summed E-state index contributed by atoms with van der Waals surface area (Å²) in [6, 6.07) is 31.5. The highest BCUT2D eigenvalue weighted by Crippen LogP contribution is 2.28. The van der Waals surface area contributed by atoms with Crippen LogP contribution in [-0.4, -0.2) is 11.9 Å². The maximum absolute atomic E-state index is 4.50. The van der Waals surface area contributed by atoms with Gasteiger partial charge >= 0.3 is 0 Å². The van der Waals surface area contributed by atoms with Crippen LogP contribution in [0.5, 0.6) is 0 Å². The lowest BCUT2D eigenvalue weighted by Crippen LogP contribution is -1.90. The fourth-order valence-corrected chi connectivity index (χ4v) is 3.08. The van der Waals surface area contributed by atoms with Gasteiger partial charge in [0.05, 0.1) is 6.04 Å². The number of nitrogens with zero attached hydrogens (tertiary/aromatic N) is 1. The van der Waals surface area contributed by atoms with Gasteiger partial charge in [0.15, 0.2) is 0 Å². The van der Waals surface area contributed by atoms with Crippen LogP contribution in [0, 0.1) is 0 Å². The van der Waals surface area contributed by atoms with E-state index in [2.05, 4.69) is 104 Å². The Morgan fingerprint density at radius 3 is 1.69 bits per heavy atom. The number of benzene rings is 3. The third-order valence-corrected chi connectivity index (χ3v) is 4.64. The van der Waals surface area contributed by atoms with Crippen molar-refractivity contribution < 1.29 is 0 Å². The molecule has 0 saturated carbocycles. The molecule has 144 valence electrons. The smallest absolute Gasteiger partial charge is 0.0537 e. The first-order valence-electron chi connectivity index (χ1n) is 10.0. The second-order valence-electron chi connectivity index (χ2n) is 7.22. The summed E-state index contributed by atoms with van der Waals surface area (Å²) in [5.74, 6) is 3.25. The van der Waals surface area contributed by atoms with Gasteiger partial charge in [-0.3, -0.25) is 0 Å². The van der Waals surface area contributed by atoms with Gasteiger partial charge in [-0.2, -0.15) is 0 Å². The van der Waals surface area contributed by atoms with E-state index in [1.54, 1.807) is 0 Å². The molecule has 0 saturated heterocycles. The predicted octanol–water partition coefficient (Wildman–Crippen LogP) is 7.34. The molecule has 0 amide bonds. The first kappa shape index (κ1) is 20.3. The zero-order valence-electron chi connectivity index (χ0n) is 17.3. The van der Waals surface area contributed by atoms with Gasteiger partial charge in [-0.25, -0.2) is 4.99 Å². The van der Waals surface area contributed by atoms with E-state index in [1.807, 2.05) is 30.3 Å². The molecular weight excluding hydrogens is 350 g/mol. The first-order chi connectivity index (χ1) is 14.1. The number of rotatable bonds is 6. The molecule has 0 bridgehead atoms. The van der Waals surface area contributed by atoms with Crippen LogP contribution >= 0.6 is 0 Å². The lowest BCUT2D eigenvalue weighted by Gasteiger charge is -2.10. The van der Waals surface area contributed by atoms with Crippen molar-refractivity contribution in [1.82, 2.24) is 0 Å². The second-order valence-corrected chi connectivity index (χ2v) is 7.22. The Kier molecular flexibility index (Phi) is 7.16. The highest BCUT2D eigenvalue weighted by Gasteiger charge is 2.06. The van der Waals surface area contributed by atoms with Crippen molar-refractivity contribution in [2.45, 2.75) is 26.8 Å². The van der Waals surface area contributed by atoms with Crippen LogP contribution in [0.2, 0.25) is 0 Å². The summed E-state index contributed by atoms with van der Waals surface area (Å²) in [5.41, 5.74) is 6.93. The van der Waals surface area contributed by atoms with E-state index < -0.39 is 0 Å². The van der Waals surface area contributed by atoms with Crippen molar-refractivity contribution in [3.05, 3.63) is 120 Å². The summed E-state index contributed by atoms with van der Waals surface area (Å²) in [6.45, 7) is 6.30. The Labute approximate surface area is 174 Å². The quantitative estimate of drug-likeness (QED) is 0.242. The van der Waals surface area contributed by atoms with Gasteiger partial charge in [-0.1, -0.05) is 97.1 Å². The molecule has 0 N–H and O–H groups in total. The fraction of sp³-hybridized carbons (Fsp3) is 0.143. The Bertz CT molecular complexity index is 1030. The molecule has 0 aromatic heterocycles. The van der Waals surface area contributed by atoms with Gasteiger partial charge in [0, 0.05) is 5.57 Å². The van der Waals surface area contributed by atoms with E-state index in [1.165, 1.54) is 22.3 Å². The molecule has 1 nitrogen and oxygen atoms in total. The van der Waals surface area contributed by atoms with Crippen molar-refractivity contribution in [2.24, 2.45) is 4.99 Å². The number of hydrogen-bond acceptors (Lipinski definition) is 1. The summed E-state index contributed by atoms with van der Waals surface area (Å²) in [6.07, 6.45) is 4.30. The molecule has 0 atom stereocenters. The maximum atomic E-state index is 4.50. The van der Waals surface area contributed by atoms with Gasteiger partial charge in [-0.05, 0) is 60.6 Å². The van der Waals surface area contributed by atoms with E-state index in [4.69, 9.17) is 0 Å². The van der Waals surface area contributed by atoms with Crippen molar-refractivity contribution >= 4 is 22.6 Å². The van der Waals surface area contributed by atoms with Crippen LogP contribution < -0.4 is 0 Å². The van der Waals surface area contributed by atoms with Crippen LogP contribution in [0.4, 0.5) is 0 Å². The zero-order chi connectivity index (χ0) is 20.5. The lowest BCUT2D eigenvalue weighted by atomic mass is 9.94. The number of aliphatic imine (C=N–C) groups is 1. The Morgan fingerprint density at radius 2 is 1.17 bits per heavy atom. The molecule has 1 heteroatoms. The van der Waals surface area contributed by atoms with Gasteiger partial charge < -0.3 is 0 Å². The topological polar surface area (TPSA) is 12.4 Å². The molecule has 3 aromatic carbocycles. The molecule has 0 aliphatic heterocycles. The number of allylic oxidation sites excluding steroid dienone is 5. The van der Waals surface area contributed by atoms with Crippen molar-refractivity contribution in [3.8, 4) is 0 Å². The van der Waals surface area contributed by atoms with Crippen LogP contribution in [0.25, 0.3) is 16.7 Å². The molecular formula is C28H27N. The summed E-state index contributed by atoms with van der Waals surface area (Å²) in [5, 5.41) is 0. The van der Waals surface area contributed by atoms with E-state index >= 15 is 0 Å². The average molecular weight is 378 g/mol. The van der Waals surface area contributed by atoms with Crippen molar-refractivity contribution in [3.63, 3.8) is 0 Å². The summed E-state index contributed by atoms with van der Waals surface area (Å²) in [7, 11) is 0. The molecule has 0 aliphatic rings. The molecule has 29 heavy (non-hydrogen) atoms. The molecule has 3 aromatic rings. The van der Waals surface area contributed by atoms with Crippen LogP contribution in [0.15, 0.2) is 108 Å². The molecule has 0 spiro atoms. The lowest BCUT2D eigenvalue weighted by molar-refractivity contribution is 0.843. The third-order valence-electron chi connectivity index (χ3n) is 4.64. The normalized spacial score (nSPS) is 11.9. The standard InChI is InChI=1S/C28H27N/c1-22(2)29-21-27(25-15-9-5-10-16-25)19-20-28(26-17-11-6-12-18-26)23(3)24-13-7-4-8-14-24/h4-20,22H,1-3H3/b20-19-,28-23+. The Hall–Kier alpha value is -3.41. The predicted molar refractivity (Wildman–Crippen MR) is 127 cm³/mol. The molecule has 0 radical (unpaired) electrons. The fourth-order valence-electron chi connectivity index (χ4n) is 3.08. The molecule has 0 unspecified atom stereocenters. The minimum absolute atomic E-state index is 0.206. The highest BCUT2D eigenvalue weighted by atomic mass is 14.7. The van der Waals surface area contributed by atoms with Crippen LogP contribution in [-0.2, 0) is 0 Å². The summed E-state index contributed by atoms with van der Waals surface area (Å²) < 4.78 is 0. The van der Waals surface area contributed by atoms with Crippen molar-refractivity contribution in [1.29, 1.82) is 0 Å². The van der Waals surface area contributed by atoms with Crippen molar-refractivity contribution in [2.75, 3.05) is 0 Å². The Balaban J connectivity index is 2.11. The van der Waals surface area contributed by atoms with Gasteiger partial charge in [0.2, 0.25) is 0 Å². The molecule has 0 heterocycles. The van der Waals surface area contributed by atoms with Gasteiger partial charge in [0.25, 0.3) is 0 Å². The van der Waals surface area contributed by atoms with Crippen LogP contribution in [0.3, 0.4) is 0 Å². The second kappa shape index (κ2) is 10.2. The Morgan fingerprint density at radius 1 is 0.690 bits per heavy atom. The van der Waals surface area contributed by atoms with Crippen LogP contribution in [0.1, 0.15) is 37.5 Å². The zero-order valence-corrected chi connectivity index (χ0v) is 17.3. The van der Waals surface area contributed by atoms with E-state index in [-0.39, 0.29) is 6.04 Å². The highest BCUT2D eigenvalue weighted by molar-refractivity contribution is 6.00. The minimum Gasteiger partial charge on any atom is -0.240 e. The van der Waals surface area contributed by atoms with Gasteiger partial charge in [-0.15, -0.1) is 0 Å². The molecule has 0 fully saturated rings. The summed E-state index contributed by atoms with van der Waals surface area (Å²) in [4.78, 5) is 4.50. The molecule has 3 rings (SSSR count). The molecule has 0 aliphatic carbocycles. The van der Waals surface area contributed by atoms with E-state index in [0.29, 0.717) is 0 Å². The first-order valence-corrected chi connectivity index (χ1v) is 10.0. The SMILES string of the molecule is C/C(=C(/C=C\C(=C=NC(C)C)c1ccccc1)c1ccccc1)c1ccccc1. The minimum atomic E-state index is 0.206. The summed E-state index contributed by atoms with van der Waals surface area (Å²) >= 11 is 0. The monoisotopic (exact) mass is 377 g/mol. The number of hydrogen-bond donors (Lipinski definition) is 0. The largest absolute Gasteiger partial charge is 0.240 e. The third kappa shape index (κ3) is 5.78. The average Bonchev–Trinajstić information content (AvgIpc) is 2.77. The van der Waals surface area contributed by atoms with Gasteiger partial charge in [0.1, 0.15) is 0 Å².